The van der Waals surface area contributed by atoms with E-state index in [2.05, 4.69) is 13.5 Å². The number of nitrogens with zero attached hydrogens (tertiary/aromatic N) is 3. The van der Waals surface area contributed by atoms with Gasteiger partial charge in [-0.25, -0.2) is 4.57 Å². The Hall–Kier alpha value is -0.890. The summed E-state index contributed by atoms with van der Waals surface area (Å²) in [6.45, 7) is 6.62. The first-order chi connectivity index (χ1) is 13.3. The molecule has 1 rings (SSSR count). The van der Waals surface area contributed by atoms with Crippen LogP contribution in [0.5, 0.6) is 0 Å². The zero-order valence-electron chi connectivity index (χ0n) is 18.4. The van der Waals surface area contributed by atoms with Gasteiger partial charge in [0.2, 0.25) is 0 Å². The number of rotatable bonds is 16. The molecule has 0 aliphatic carbocycles. The van der Waals surface area contributed by atoms with Crippen LogP contribution in [0.4, 0.5) is 0 Å². The van der Waals surface area contributed by atoms with Crippen molar-refractivity contribution in [3.63, 3.8) is 0 Å². The third-order valence-electron chi connectivity index (χ3n) is 5.02. The van der Waals surface area contributed by atoms with Gasteiger partial charge in [-0.2, -0.15) is 12.7 Å². The van der Waals surface area contributed by atoms with Crippen molar-refractivity contribution in [2.24, 2.45) is 0 Å². The number of unbranched alkanes of at least 4 members (excludes halogenated alkanes) is 9. The molecule has 0 aliphatic rings. The van der Waals surface area contributed by atoms with Crippen LogP contribution in [-0.4, -0.2) is 35.9 Å². The Morgan fingerprint density at radius 3 is 2.10 bits per heavy atom. The molecule has 1 heterocycles. The summed E-state index contributed by atoms with van der Waals surface area (Å²) in [7, 11) is -0.684. The minimum absolute atomic E-state index is 0. The largest absolute Gasteiger partial charge is 1.00 e. The molecule has 0 aliphatic heterocycles. The van der Waals surface area contributed by atoms with Crippen LogP contribution >= 0.6 is 0 Å². The van der Waals surface area contributed by atoms with Gasteiger partial charge in [0.25, 0.3) is 6.33 Å². The van der Waals surface area contributed by atoms with Gasteiger partial charge in [0, 0.05) is 14.1 Å². The van der Waals surface area contributed by atoms with Crippen LogP contribution in [0, 0.1) is 0 Å². The van der Waals surface area contributed by atoms with Crippen LogP contribution in [0.1, 0.15) is 89.4 Å². The van der Waals surface area contributed by atoms with Gasteiger partial charge < -0.3 is 17.5 Å². The fourth-order valence-corrected chi connectivity index (χ4v) is 4.27. The molecule has 0 saturated heterocycles. The van der Waals surface area contributed by atoms with E-state index in [0.717, 1.165) is 23.7 Å². The van der Waals surface area contributed by atoms with Crippen LogP contribution in [0.2, 0.25) is 0 Å². The van der Waals surface area contributed by atoms with Crippen molar-refractivity contribution < 1.29 is 30.5 Å². The summed E-state index contributed by atoms with van der Waals surface area (Å²) in [5.41, 5.74) is 0.376. The highest BCUT2D eigenvalue weighted by atomic mass is 35.5. The number of aliphatic hydroxyl groups is 1. The van der Waals surface area contributed by atoms with Gasteiger partial charge in [0.15, 0.2) is 5.69 Å². The molecule has 0 radical (unpaired) electrons. The summed E-state index contributed by atoms with van der Waals surface area (Å²) in [6.07, 6.45) is 17.0. The van der Waals surface area contributed by atoms with E-state index in [0.29, 0.717) is 12.1 Å². The minimum Gasteiger partial charge on any atom is -1.00 e. The zero-order valence-corrected chi connectivity index (χ0v) is 20.0. The van der Waals surface area contributed by atoms with Gasteiger partial charge in [-0.3, -0.25) is 0 Å². The number of halogens is 1. The molecule has 170 valence electrons. The lowest BCUT2D eigenvalue weighted by Crippen LogP contribution is -3.00. The predicted molar refractivity (Wildman–Crippen MR) is 114 cm³/mol. The Labute approximate surface area is 184 Å². The van der Waals surface area contributed by atoms with E-state index in [1.54, 1.807) is 18.6 Å². The SMILES string of the molecule is C=CCC(O)c1c[n+](CCCCCCCCCCCC)cn1S(=O)(=O)N(C)C.[Cl-]. The number of aliphatic hydroxyl groups excluding tert-OH is 1. The Morgan fingerprint density at radius 1 is 1.10 bits per heavy atom. The maximum absolute atomic E-state index is 12.6. The lowest BCUT2D eigenvalue weighted by atomic mass is 10.1. The second-order valence-corrected chi connectivity index (χ2v) is 9.73. The molecule has 1 atom stereocenters. The van der Waals surface area contributed by atoms with E-state index in [1.807, 2.05) is 4.57 Å². The molecule has 0 bridgehead atoms. The van der Waals surface area contributed by atoms with E-state index in [-0.39, 0.29) is 12.4 Å². The molecule has 1 unspecified atom stereocenters. The Bertz CT molecular complexity index is 675. The number of imidazole rings is 1. The molecule has 0 fully saturated rings. The van der Waals surface area contributed by atoms with Gasteiger partial charge in [0.1, 0.15) is 12.3 Å². The molecule has 8 heteroatoms. The predicted octanol–water partition coefficient (Wildman–Crippen LogP) is 0.965. The lowest BCUT2D eigenvalue weighted by molar-refractivity contribution is -0.696. The lowest BCUT2D eigenvalue weighted by Gasteiger charge is -2.10. The summed E-state index contributed by atoms with van der Waals surface area (Å²) in [4.78, 5) is 0. The Morgan fingerprint density at radius 2 is 1.62 bits per heavy atom. The molecule has 1 N–H and O–H groups in total. The van der Waals surface area contributed by atoms with Crippen LogP contribution in [0.3, 0.4) is 0 Å². The number of hydrogen-bond donors (Lipinski definition) is 1. The van der Waals surface area contributed by atoms with E-state index in [9.17, 15) is 13.5 Å². The molecule has 1 aromatic heterocycles. The number of aryl methyl sites for hydroxylation is 1. The highest BCUT2D eigenvalue weighted by Crippen LogP contribution is 2.19. The van der Waals surface area contributed by atoms with Crippen molar-refractivity contribution in [2.75, 3.05) is 14.1 Å². The second-order valence-electron chi connectivity index (χ2n) is 7.72. The third-order valence-corrected chi connectivity index (χ3v) is 6.74. The molecule has 0 spiro atoms. The average molecular weight is 450 g/mol. The van der Waals surface area contributed by atoms with E-state index >= 15 is 0 Å². The van der Waals surface area contributed by atoms with Crippen molar-refractivity contribution in [1.29, 1.82) is 0 Å². The third kappa shape index (κ3) is 9.64. The number of aromatic nitrogens is 2. The molecule has 0 aromatic carbocycles. The molecule has 1 aromatic rings. The summed E-state index contributed by atoms with van der Waals surface area (Å²) < 4.78 is 29.3. The zero-order chi connectivity index (χ0) is 21.0. The van der Waals surface area contributed by atoms with Gasteiger partial charge in [-0.15, -0.1) is 10.6 Å². The minimum atomic E-state index is -3.67. The maximum Gasteiger partial charge on any atom is 0.379 e. The summed E-state index contributed by atoms with van der Waals surface area (Å²) in [5.74, 6) is 0. The second kappa shape index (κ2) is 15.0. The molecule has 29 heavy (non-hydrogen) atoms. The van der Waals surface area contributed by atoms with Gasteiger partial charge in [0.05, 0.1) is 6.54 Å². The number of hydrogen-bond acceptors (Lipinski definition) is 3. The highest BCUT2D eigenvalue weighted by Gasteiger charge is 2.31. The van der Waals surface area contributed by atoms with E-state index in [4.69, 9.17) is 0 Å². The fraction of sp³-hybridized carbons (Fsp3) is 0.762. The van der Waals surface area contributed by atoms with Crippen LogP contribution in [-0.2, 0) is 16.8 Å². The maximum atomic E-state index is 12.6. The Kier molecular flexibility index (Phi) is 14.5. The van der Waals surface area contributed by atoms with Crippen molar-refractivity contribution in [3.05, 3.63) is 30.9 Å². The molecular formula is C21H40ClN3O3S. The molecule has 0 saturated carbocycles. The molecule has 0 amide bonds. The average Bonchev–Trinajstić information content (AvgIpc) is 3.08. The summed E-state index contributed by atoms with van der Waals surface area (Å²) in [5, 5.41) is 10.3. The topological polar surface area (TPSA) is 66.4 Å². The smallest absolute Gasteiger partial charge is 0.379 e. The first-order valence-electron chi connectivity index (χ1n) is 10.7. The monoisotopic (exact) mass is 449 g/mol. The summed E-state index contributed by atoms with van der Waals surface area (Å²) >= 11 is 0. The first kappa shape index (κ1) is 28.1. The fourth-order valence-electron chi connectivity index (χ4n) is 3.25. The van der Waals surface area contributed by atoms with Crippen LogP contribution < -0.4 is 17.0 Å². The van der Waals surface area contributed by atoms with E-state index < -0.39 is 16.3 Å². The standard InChI is InChI=1S/C21H40N3O3S.ClH/c1-5-7-8-9-10-11-12-13-14-15-17-23-18-20(21(25)16-6-2)24(19-23)28(26,27)22(3)4;/h6,18-19,21,25H,2,5,7-17H2,1,3-4H3;1H/q+1;/p-1. The van der Waals surface area contributed by atoms with Gasteiger partial charge in [-0.1, -0.05) is 64.4 Å². The van der Waals surface area contributed by atoms with Crippen molar-refractivity contribution >= 4 is 10.2 Å². The van der Waals surface area contributed by atoms with Crippen LogP contribution in [0.25, 0.3) is 0 Å². The van der Waals surface area contributed by atoms with Crippen molar-refractivity contribution in [3.8, 4) is 0 Å². The van der Waals surface area contributed by atoms with Crippen molar-refractivity contribution in [1.82, 2.24) is 8.28 Å². The first-order valence-corrected chi connectivity index (χ1v) is 12.1. The quantitative estimate of drug-likeness (QED) is 0.232. The highest BCUT2D eigenvalue weighted by molar-refractivity contribution is 7.87. The van der Waals surface area contributed by atoms with Gasteiger partial charge >= 0.3 is 10.2 Å². The normalized spacial score (nSPS) is 12.7. The van der Waals surface area contributed by atoms with Crippen molar-refractivity contribution in [2.45, 2.75) is 90.2 Å². The Balaban J connectivity index is 0.00000784. The van der Waals surface area contributed by atoms with Crippen LogP contribution in [0.15, 0.2) is 25.2 Å². The van der Waals surface area contributed by atoms with Gasteiger partial charge in [-0.05, 0) is 19.3 Å². The van der Waals surface area contributed by atoms with E-state index in [1.165, 1.54) is 69.4 Å². The molecule has 6 nitrogen and oxygen atoms in total. The summed E-state index contributed by atoms with van der Waals surface area (Å²) in [6, 6.07) is 0. The molecular weight excluding hydrogens is 410 g/mol.